The molecule has 7 nitrogen and oxygen atoms in total. The van der Waals surface area contributed by atoms with Gasteiger partial charge in [0.15, 0.2) is 5.82 Å². The lowest BCUT2D eigenvalue weighted by atomic mass is 10.1. The highest BCUT2D eigenvalue weighted by Crippen LogP contribution is 2.21. The van der Waals surface area contributed by atoms with E-state index in [0.29, 0.717) is 24.1 Å². The zero-order valence-electron chi connectivity index (χ0n) is 16.7. The van der Waals surface area contributed by atoms with Gasteiger partial charge in [-0.3, -0.25) is 9.89 Å². The quantitative estimate of drug-likeness (QED) is 0.414. The van der Waals surface area contributed by atoms with Gasteiger partial charge in [-0.25, -0.2) is 4.98 Å². The van der Waals surface area contributed by atoms with Gasteiger partial charge >= 0.3 is 0 Å². The number of nitrogens with one attached hydrogen (secondary N) is 2. The zero-order chi connectivity index (χ0) is 20.6. The number of nitrogens with zero attached hydrogens (tertiary/aromatic N) is 2. The van der Waals surface area contributed by atoms with Gasteiger partial charge in [-0.1, -0.05) is 29.5 Å². The van der Waals surface area contributed by atoms with E-state index in [1.807, 2.05) is 50.2 Å². The topological polar surface area (TPSA) is 89.1 Å². The van der Waals surface area contributed by atoms with E-state index in [2.05, 4.69) is 26.6 Å². The predicted molar refractivity (Wildman–Crippen MR) is 114 cm³/mol. The molecule has 0 radical (unpaired) electrons. The van der Waals surface area contributed by atoms with Crippen molar-refractivity contribution in [2.24, 2.45) is 0 Å². The van der Waals surface area contributed by atoms with Crippen molar-refractivity contribution in [3.05, 3.63) is 53.6 Å². The summed E-state index contributed by atoms with van der Waals surface area (Å²) in [6, 6.07) is 13.5. The third-order valence-corrected chi connectivity index (χ3v) is 5.02. The summed E-state index contributed by atoms with van der Waals surface area (Å²) in [7, 11) is 1.62. The van der Waals surface area contributed by atoms with Crippen molar-refractivity contribution in [3.63, 3.8) is 0 Å². The average Bonchev–Trinajstić information content (AvgIpc) is 3.20. The first kappa shape index (κ1) is 20.7. The van der Waals surface area contributed by atoms with Crippen LogP contribution in [0, 0.1) is 13.8 Å². The lowest BCUT2D eigenvalue weighted by Gasteiger charge is -2.10. The van der Waals surface area contributed by atoms with Crippen molar-refractivity contribution in [1.29, 1.82) is 0 Å². The van der Waals surface area contributed by atoms with Crippen molar-refractivity contribution in [2.45, 2.75) is 19.0 Å². The number of thioether (sulfide) groups is 1. The molecule has 0 aliphatic rings. The van der Waals surface area contributed by atoms with Crippen molar-refractivity contribution in [1.82, 2.24) is 20.5 Å². The minimum absolute atomic E-state index is 0.0879. The van der Waals surface area contributed by atoms with E-state index in [0.717, 1.165) is 22.6 Å². The molecule has 2 N–H and O–H groups in total. The van der Waals surface area contributed by atoms with Crippen molar-refractivity contribution in [2.75, 3.05) is 26.0 Å². The number of aromatic nitrogens is 3. The number of methoxy groups -OCH3 is 1. The minimum atomic E-state index is -0.0879. The Kier molecular flexibility index (Phi) is 7.13. The molecule has 0 saturated carbocycles. The number of amides is 1. The van der Waals surface area contributed by atoms with Crippen LogP contribution in [0.5, 0.6) is 11.5 Å². The molecule has 0 unspecified atom stereocenters. The average molecular weight is 413 g/mol. The lowest BCUT2D eigenvalue weighted by molar-refractivity contribution is -0.118. The van der Waals surface area contributed by atoms with Crippen LogP contribution in [0.15, 0.2) is 47.6 Å². The Labute approximate surface area is 174 Å². The van der Waals surface area contributed by atoms with E-state index in [1.54, 1.807) is 7.11 Å². The molecule has 8 heteroatoms. The summed E-state index contributed by atoms with van der Waals surface area (Å²) in [5.41, 5.74) is 3.18. The third-order valence-electron chi connectivity index (χ3n) is 4.17. The second-order valence-corrected chi connectivity index (χ2v) is 7.39. The van der Waals surface area contributed by atoms with Crippen LogP contribution in [0.1, 0.15) is 11.1 Å². The lowest BCUT2D eigenvalue weighted by Crippen LogP contribution is -2.29. The molecule has 1 aromatic heterocycles. The number of carbonyl (C=O) groups excluding carboxylic acids is 1. The molecule has 1 heterocycles. The summed E-state index contributed by atoms with van der Waals surface area (Å²) in [4.78, 5) is 16.4. The number of hydrogen-bond acceptors (Lipinski definition) is 6. The SMILES string of the molecule is COc1ccc(-c2nc(SCC(=O)NCCOc3ccc(C)cc3C)n[nH]2)cc1. The Hall–Kier alpha value is -3.00. The highest BCUT2D eigenvalue weighted by atomic mass is 32.2. The van der Waals surface area contributed by atoms with E-state index in [4.69, 9.17) is 9.47 Å². The maximum Gasteiger partial charge on any atom is 0.230 e. The van der Waals surface area contributed by atoms with Crippen molar-refractivity contribution < 1.29 is 14.3 Å². The molecular weight excluding hydrogens is 388 g/mol. The van der Waals surface area contributed by atoms with Gasteiger partial charge in [-0.05, 0) is 49.7 Å². The number of rotatable bonds is 9. The maximum atomic E-state index is 12.0. The number of aromatic amines is 1. The van der Waals surface area contributed by atoms with Crippen molar-refractivity contribution >= 4 is 17.7 Å². The molecule has 29 heavy (non-hydrogen) atoms. The van der Waals surface area contributed by atoms with E-state index < -0.39 is 0 Å². The Morgan fingerprint density at radius 1 is 1.17 bits per heavy atom. The molecule has 0 aliphatic heterocycles. The number of aryl methyl sites for hydroxylation is 2. The first-order valence-corrected chi connectivity index (χ1v) is 10.2. The molecule has 0 bridgehead atoms. The van der Waals surface area contributed by atoms with Gasteiger partial charge in [0.05, 0.1) is 19.4 Å². The molecular formula is C21H24N4O3S. The monoisotopic (exact) mass is 412 g/mol. The Morgan fingerprint density at radius 2 is 1.97 bits per heavy atom. The third kappa shape index (κ3) is 5.99. The van der Waals surface area contributed by atoms with Crippen LogP contribution in [-0.4, -0.2) is 47.1 Å². The first-order valence-electron chi connectivity index (χ1n) is 9.21. The van der Waals surface area contributed by atoms with E-state index in [1.165, 1.54) is 17.3 Å². The molecule has 2 aromatic carbocycles. The molecule has 152 valence electrons. The van der Waals surface area contributed by atoms with Gasteiger partial charge in [0.25, 0.3) is 0 Å². The highest BCUT2D eigenvalue weighted by molar-refractivity contribution is 7.99. The van der Waals surface area contributed by atoms with Crippen LogP contribution < -0.4 is 14.8 Å². The summed E-state index contributed by atoms with van der Waals surface area (Å²) < 4.78 is 10.9. The number of H-pyrrole nitrogens is 1. The van der Waals surface area contributed by atoms with Gasteiger partial charge < -0.3 is 14.8 Å². The molecule has 3 aromatic rings. The molecule has 3 rings (SSSR count). The highest BCUT2D eigenvalue weighted by Gasteiger charge is 2.09. The van der Waals surface area contributed by atoms with Crippen LogP contribution in [0.25, 0.3) is 11.4 Å². The fourth-order valence-electron chi connectivity index (χ4n) is 2.68. The van der Waals surface area contributed by atoms with Crippen LogP contribution in [0.4, 0.5) is 0 Å². The molecule has 0 aliphatic carbocycles. The summed E-state index contributed by atoms with van der Waals surface area (Å²) in [6.45, 7) is 4.91. The van der Waals surface area contributed by atoms with Gasteiger partial charge in [-0.2, -0.15) is 0 Å². The van der Waals surface area contributed by atoms with Crippen LogP contribution >= 0.6 is 11.8 Å². The van der Waals surface area contributed by atoms with Gasteiger partial charge in [0.2, 0.25) is 11.1 Å². The molecule has 0 fully saturated rings. The van der Waals surface area contributed by atoms with Gasteiger partial charge in [0.1, 0.15) is 18.1 Å². The first-order chi connectivity index (χ1) is 14.0. The minimum Gasteiger partial charge on any atom is -0.497 e. The number of benzene rings is 2. The maximum absolute atomic E-state index is 12.0. The summed E-state index contributed by atoms with van der Waals surface area (Å²) in [5, 5.41) is 10.4. The van der Waals surface area contributed by atoms with E-state index in [9.17, 15) is 4.79 Å². The van der Waals surface area contributed by atoms with Crippen LogP contribution in [0.3, 0.4) is 0 Å². The number of carbonyl (C=O) groups is 1. The fourth-order valence-corrected chi connectivity index (χ4v) is 3.31. The second kappa shape index (κ2) is 9.97. The van der Waals surface area contributed by atoms with Gasteiger partial charge in [0, 0.05) is 5.56 Å². The Morgan fingerprint density at radius 3 is 2.69 bits per heavy atom. The molecule has 0 spiro atoms. The smallest absolute Gasteiger partial charge is 0.230 e. The standard InChI is InChI=1S/C21H24N4O3S/c1-14-4-9-18(15(2)12-14)28-11-10-22-19(26)13-29-21-23-20(24-25-21)16-5-7-17(27-3)8-6-16/h4-9,12H,10-11,13H2,1-3H3,(H,22,26)(H,23,24,25). The summed E-state index contributed by atoms with van der Waals surface area (Å²) >= 11 is 1.28. The van der Waals surface area contributed by atoms with E-state index in [-0.39, 0.29) is 11.7 Å². The largest absolute Gasteiger partial charge is 0.497 e. The molecule has 0 saturated heterocycles. The van der Waals surface area contributed by atoms with E-state index >= 15 is 0 Å². The fraction of sp³-hybridized carbons (Fsp3) is 0.286. The van der Waals surface area contributed by atoms with Crippen LogP contribution in [0.2, 0.25) is 0 Å². The zero-order valence-corrected chi connectivity index (χ0v) is 17.5. The molecule has 1 amide bonds. The van der Waals surface area contributed by atoms with Gasteiger partial charge in [-0.15, -0.1) is 5.10 Å². The molecule has 0 atom stereocenters. The Balaban J connectivity index is 1.39. The Bertz CT molecular complexity index is 957. The predicted octanol–water partition coefficient (Wildman–Crippen LogP) is 3.38. The summed E-state index contributed by atoms with van der Waals surface area (Å²) in [5.74, 6) is 2.42. The second-order valence-electron chi connectivity index (χ2n) is 6.45. The normalized spacial score (nSPS) is 10.6. The van der Waals surface area contributed by atoms with Crippen LogP contribution in [-0.2, 0) is 4.79 Å². The van der Waals surface area contributed by atoms with Crippen molar-refractivity contribution in [3.8, 4) is 22.9 Å². The number of ether oxygens (including phenoxy) is 2. The summed E-state index contributed by atoms with van der Waals surface area (Å²) in [6.07, 6.45) is 0. The number of hydrogen-bond donors (Lipinski definition) is 2.